The van der Waals surface area contributed by atoms with Crippen molar-refractivity contribution in [2.24, 2.45) is 0 Å². The number of benzene rings is 2. The normalized spacial score (nSPS) is 10.6. The SMILES string of the molecule is CCOC(=O)c1c(C)[nH]c(CN(Cc2ccc(OC)cc2)C(=O)c2ccc(OC)cc2)c1C. The van der Waals surface area contributed by atoms with E-state index in [0.29, 0.717) is 36.6 Å². The Morgan fingerprint density at radius 2 is 1.45 bits per heavy atom. The second-order valence-corrected chi connectivity index (χ2v) is 7.69. The van der Waals surface area contributed by atoms with Crippen molar-refractivity contribution in [2.75, 3.05) is 20.8 Å². The highest BCUT2D eigenvalue weighted by Crippen LogP contribution is 2.23. The van der Waals surface area contributed by atoms with Gasteiger partial charge in [-0.2, -0.15) is 0 Å². The first-order valence-electron chi connectivity index (χ1n) is 10.8. The first kappa shape index (κ1) is 23.9. The fourth-order valence-corrected chi connectivity index (χ4v) is 3.74. The molecule has 0 aliphatic rings. The molecule has 0 bridgehead atoms. The van der Waals surface area contributed by atoms with E-state index in [9.17, 15) is 9.59 Å². The zero-order valence-corrected chi connectivity index (χ0v) is 19.7. The number of esters is 1. The number of hydrogen-bond donors (Lipinski definition) is 1. The van der Waals surface area contributed by atoms with Crippen molar-refractivity contribution in [3.8, 4) is 11.5 Å². The number of rotatable bonds is 9. The third-order valence-corrected chi connectivity index (χ3v) is 5.53. The molecule has 0 unspecified atom stereocenters. The highest BCUT2D eigenvalue weighted by atomic mass is 16.5. The van der Waals surface area contributed by atoms with Gasteiger partial charge in [-0.15, -0.1) is 0 Å². The van der Waals surface area contributed by atoms with E-state index in [1.165, 1.54) is 0 Å². The van der Waals surface area contributed by atoms with Crippen molar-refractivity contribution in [2.45, 2.75) is 33.9 Å². The van der Waals surface area contributed by atoms with E-state index in [0.717, 1.165) is 28.3 Å². The minimum absolute atomic E-state index is 0.127. The molecule has 1 heterocycles. The van der Waals surface area contributed by atoms with Crippen LogP contribution in [0.2, 0.25) is 0 Å². The van der Waals surface area contributed by atoms with Crippen molar-refractivity contribution in [1.82, 2.24) is 9.88 Å². The Morgan fingerprint density at radius 1 is 0.879 bits per heavy atom. The quantitative estimate of drug-likeness (QED) is 0.479. The van der Waals surface area contributed by atoms with Gasteiger partial charge in [-0.3, -0.25) is 4.79 Å². The molecule has 7 heteroatoms. The lowest BCUT2D eigenvalue weighted by atomic mass is 10.1. The lowest BCUT2D eigenvalue weighted by Gasteiger charge is -2.23. The maximum Gasteiger partial charge on any atom is 0.340 e. The number of aromatic nitrogens is 1. The molecule has 1 N–H and O–H groups in total. The molecule has 1 aromatic heterocycles. The van der Waals surface area contributed by atoms with Crippen LogP contribution in [0.5, 0.6) is 11.5 Å². The van der Waals surface area contributed by atoms with Crippen LogP contribution in [0.4, 0.5) is 0 Å². The number of H-pyrrole nitrogens is 1. The summed E-state index contributed by atoms with van der Waals surface area (Å²) in [6, 6.07) is 14.6. The van der Waals surface area contributed by atoms with Gasteiger partial charge in [-0.25, -0.2) is 4.79 Å². The molecule has 0 spiro atoms. The molecule has 3 rings (SSSR count). The molecule has 0 radical (unpaired) electrons. The number of methoxy groups -OCH3 is 2. The van der Waals surface area contributed by atoms with Gasteiger partial charge < -0.3 is 24.1 Å². The van der Waals surface area contributed by atoms with Crippen LogP contribution < -0.4 is 9.47 Å². The van der Waals surface area contributed by atoms with Gasteiger partial charge in [-0.05, 0) is 68.3 Å². The molecule has 33 heavy (non-hydrogen) atoms. The van der Waals surface area contributed by atoms with Crippen LogP contribution in [0.1, 0.15) is 50.2 Å². The van der Waals surface area contributed by atoms with Crippen LogP contribution in [0.25, 0.3) is 0 Å². The minimum atomic E-state index is -0.363. The van der Waals surface area contributed by atoms with E-state index in [4.69, 9.17) is 14.2 Å². The van der Waals surface area contributed by atoms with Crippen LogP contribution in [-0.4, -0.2) is 42.6 Å². The molecule has 7 nitrogen and oxygen atoms in total. The van der Waals surface area contributed by atoms with Crippen molar-refractivity contribution in [3.63, 3.8) is 0 Å². The Labute approximate surface area is 194 Å². The molecule has 0 aliphatic heterocycles. The molecule has 0 saturated carbocycles. The van der Waals surface area contributed by atoms with E-state index in [-0.39, 0.29) is 11.9 Å². The van der Waals surface area contributed by atoms with Gasteiger partial charge in [0.05, 0.1) is 32.9 Å². The number of ether oxygens (including phenoxy) is 3. The highest BCUT2D eigenvalue weighted by molar-refractivity contribution is 5.95. The molecular formula is C26H30N2O5. The summed E-state index contributed by atoms with van der Waals surface area (Å²) >= 11 is 0. The van der Waals surface area contributed by atoms with Crippen LogP contribution in [-0.2, 0) is 17.8 Å². The van der Waals surface area contributed by atoms with Gasteiger partial charge in [0.15, 0.2) is 0 Å². The average Bonchev–Trinajstić information content (AvgIpc) is 3.11. The molecule has 174 valence electrons. The van der Waals surface area contributed by atoms with E-state index in [2.05, 4.69) is 4.98 Å². The molecule has 0 fully saturated rings. The fourth-order valence-electron chi connectivity index (χ4n) is 3.74. The van der Waals surface area contributed by atoms with Crippen LogP contribution in [0.3, 0.4) is 0 Å². The summed E-state index contributed by atoms with van der Waals surface area (Å²) in [6.45, 7) is 6.48. The van der Waals surface area contributed by atoms with Crippen molar-refractivity contribution in [1.29, 1.82) is 0 Å². The van der Waals surface area contributed by atoms with Gasteiger partial charge in [0.1, 0.15) is 11.5 Å². The number of amides is 1. The van der Waals surface area contributed by atoms with E-state index in [1.807, 2.05) is 38.1 Å². The maximum atomic E-state index is 13.5. The van der Waals surface area contributed by atoms with Gasteiger partial charge in [0.2, 0.25) is 0 Å². The lowest BCUT2D eigenvalue weighted by Crippen LogP contribution is -2.30. The Morgan fingerprint density at radius 3 is 2.00 bits per heavy atom. The lowest BCUT2D eigenvalue weighted by molar-refractivity contribution is 0.0524. The summed E-state index contributed by atoms with van der Waals surface area (Å²) in [5.74, 6) is 0.945. The summed E-state index contributed by atoms with van der Waals surface area (Å²) in [5.41, 5.74) is 4.34. The Bertz CT molecular complexity index is 1100. The van der Waals surface area contributed by atoms with Gasteiger partial charge in [-0.1, -0.05) is 12.1 Å². The van der Waals surface area contributed by atoms with E-state index < -0.39 is 0 Å². The molecule has 0 aliphatic carbocycles. The Kier molecular flexibility index (Phi) is 7.77. The van der Waals surface area contributed by atoms with Crippen LogP contribution in [0.15, 0.2) is 48.5 Å². The van der Waals surface area contributed by atoms with Crippen LogP contribution in [0, 0.1) is 13.8 Å². The largest absolute Gasteiger partial charge is 0.497 e. The maximum absolute atomic E-state index is 13.5. The predicted molar refractivity (Wildman–Crippen MR) is 126 cm³/mol. The van der Waals surface area contributed by atoms with Gasteiger partial charge in [0.25, 0.3) is 5.91 Å². The van der Waals surface area contributed by atoms with E-state index >= 15 is 0 Å². The van der Waals surface area contributed by atoms with Crippen molar-refractivity contribution >= 4 is 11.9 Å². The number of nitrogens with zero attached hydrogens (tertiary/aromatic N) is 1. The Hall–Kier alpha value is -3.74. The third kappa shape index (κ3) is 5.55. The average molecular weight is 451 g/mol. The van der Waals surface area contributed by atoms with Crippen molar-refractivity contribution in [3.05, 3.63) is 82.2 Å². The smallest absolute Gasteiger partial charge is 0.340 e. The van der Waals surface area contributed by atoms with Crippen molar-refractivity contribution < 1.29 is 23.8 Å². The Balaban J connectivity index is 1.93. The summed E-state index contributed by atoms with van der Waals surface area (Å²) in [5, 5.41) is 0. The molecule has 0 atom stereocenters. The second kappa shape index (κ2) is 10.7. The van der Waals surface area contributed by atoms with E-state index in [1.54, 1.807) is 50.3 Å². The van der Waals surface area contributed by atoms with Gasteiger partial charge in [0, 0.05) is 23.5 Å². The monoisotopic (exact) mass is 450 g/mol. The number of hydrogen-bond acceptors (Lipinski definition) is 5. The topological polar surface area (TPSA) is 80.9 Å². The molecule has 2 aromatic carbocycles. The number of aromatic amines is 1. The highest BCUT2D eigenvalue weighted by Gasteiger charge is 2.23. The number of carbonyl (C=O) groups is 2. The molecular weight excluding hydrogens is 420 g/mol. The summed E-state index contributed by atoms with van der Waals surface area (Å²) < 4.78 is 15.7. The fraction of sp³-hybridized carbons (Fsp3) is 0.308. The molecule has 1 amide bonds. The summed E-state index contributed by atoms with van der Waals surface area (Å²) in [7, 11) is 3.20. The zero-order valence-electron chi connectivity index (χ0n) is 19.7. The minimum Gasteiger partial charge on any atom is -0.497 e. The summed E-state index contributed by atoms with van der Waals surface area (Å²) in [6.07, 6.45) is 0. The van der Waals surface area contributed by atoms with Crippen LogP contribution >= 0.6 is 0 Å². The molecule has 3 aromatic rings. The second-order valence-electron chi connectivity index (χ2n) is 7.69. The molecule has 0 saturated heterocycles. The third-order valence-electron chi connectivity index (χ3n) is 5.53. The standard InChI is InChI=1S/C26H30N2O5/c1-6-33-26(30)24-17(2)23(27-18(24)3)16-28(15-19-7-11-21(31-4)12-8-19)25(29)20-9-13-22(32-5)14-10-20/h7-14,27H,6,15-16H2,1-5H3. The number of carbonyl (C=O) groups excluding carboxylic acids is 2. The number of aryl methyl sites for hydroxylation is 1. The van der Waals surface area contributed by atoms with Gasteiger partial charge >= 0.3 is 5.97 Å². The first-order chi connectivity index (χ1) is 15.9. The predicted octanol–water partition coefficient (Wildman–Crippen LogP) is 4.67. The zero-order chi connectivity index (χ0) is 24.0. The first-order valence-corrected chi connectivity index (χ1v) is 10.8. The number of nitrogens with one attached hydrogen (secondary N) is 1. The summed E-state index contributed by atoms with van der Waals surface area (Å²) in [4.78, 5) is 30.9.